The Morgan fingerprint density at radius 2 is 2.21 bits per heavy atom. The van der Waals surface area contributed by atoms with Gasteiger partial charge in [-0.05, 0) is 38.6 Å². The van der Waals surface area contributed by atoms with Crippen LogP contribution in [-0.2, 0) is 9.53 Å². The van der Waals surface area contributed by atoms with E-state index in [1.54, 1.807) is 0 Å². The summed E-state index contributed by atoms with van der Waals surface area (Å²) in [7, 11) is 0. The molecule has 0 radical (unpaired) electrons. The highest BCUT2D eigenvalue weighted by atomic mass is 16.5. The van der Waals surface area contributed by atoms with Crippen molar-refractivity contribution in [2.45, 2.75) is 45.6 Å². The molecule has 3 heteroatoms. The van der Waals surface area contributed by atoms with Gasteiger partial charge >= 0.3 is 5.97 Å². The van der Waals surface area contributed by atoms with Gasteiger partial charge in [0.25, 0.3) is 0 Å². The molecule has 1 fully saturated rings. The van der Waals surface area contributed by atoms with Crippen LogP contribution >= 0.6 is 0 Å². The second-order valence-corrected chi connectivity index (χ2v) is 3.87. The van der Waals surface area contributed by atoms with Gasteiger partial charge in [-0.25, -0.2) is 0 Å². The minimum Gasteiger partial charge on any atom is -0.465 e. The van der Waals surface area contributed by atoms with Crippen molar-refractivity contribution in [3.8, 4) is 0 Å². The summed E-state index contributed by atoms with van der Waals surface area (Å²) in [6.07, 6.45) is 4.65. The average molecular weight is 199 g/mol. The molecule has 0 bridgehead atoms. The van der Waals surface area contributed by atoms with Gasteiger partial charge in [-0.3, -0.25) is 4.79 Å². The summed E-state index contributed by atoms with van der Waals surface area (Å²) in [5.41, 5.74) is 0. The van der Waals surface area contributed by atoms with Crippen molar-refractivity contribution < 1.29 is 9.53 Å². The third-order valence-electron chi connectivity index (χ3n) is 2.78. The lowest BCUT2D eigenvalue weighted by Gasteiger charge is -2.32. The van der Waals surface area contributed by atoms with E-state index < -0.39 is 0 Å². The van der Waals surface area contributed by atoms with Crippen LogP contribution in [0.4, 0.5) is 0 Å². The van der Waals surface area contributed by atoms with Crippen LogP contribution in [0.3, 0.4) is 0 Å². The van der Waals surface area contributed by atoms with Gasteiger partial charge in [0.05, 0.1) is 6.61 Å². The van der Waals surface area contributed by atoms with E-state index in [9.17, 15) is 4.79 Å². The molecule has 14 heavy (non-hydrogen) atoms. The van der Waals surface area contributed by atoms with E-state index in [2.05, 4.69) is 12.2 Å². The Morgan fingerprint density at radius 1 is 1.50 bits per heavy atom. The molecule has 1 atom stereocenters. The van der Waals surface area contributed by atoms with Crippen LogP contribution in [0.25, 0.3) is 0 Å². The molecule has 0 aromatic carbocycles. The van der Waals surface area contributed by atoms with E-state index in [1.165, 1.54) is 19.3 Å². The van der Waals surface area contributed by atoms with Crippen LogP contribution in [0, 0.1) is 5.92 Å². The van der Waals surface area contributed by atoms with Crippen molar-refractivity contribution in [2.24, 2.45) is 5.92 Å². The maximum Gasteiger partial charge on any atom is 0.323 e. The van der Waals surface area contributed by atoms with Crippen LogP contribution in [0.1, 0.15) is 39.5 Å². The second-order valence-electron chi connectivity index (χ2n) is 3.87. The Kier molecular flexibility index (Phi) is 4.94. The Balaban J connectivity index is 2.38. The summed E-state index contributed by atoms with van der Waals surface area (Å²) in [6, 6.07) is -0.0522. The standard InChI is InChI=1S/C11H21NO2/c1-3-8-12-10(9-6-5-7-9)11(13)14-4-2/h9-10,12H,3-8H2,1-2H3. The quantitative estimate of drug-likeness (QED) is 0.662. The Morgan fingerprint density at radius 3 is 2.64 bits per heavy atom. The maximum absolute atomic E-state index is 11.6. The van der Waals surface area contributed by atoms with Crippen molar-refractivity contribution in [1.29, 1.82) is 0 Å². The first kappa shape index (κ1) is 11.5. The van der Waals surface area contributed by atoms with Gasteiger partial charge in [0.15, 0.2) is 0 Å². The van der Waals surface area contributed by atoms with Gasteiger partial charge in [0.1, 0.15) is 6.04 Å². The molecule has 0 aliphatic heterocycles. The lowest BCUT2D eigenvalue weighted by Crippen LogP contribution is -2.46. The van der Waals surface area contributed by atoms with Crippen molar-refractivity contribution in [3.63, 3.8) is 0 Å². The minimum absolute atomic E-state index is 0.0522. The lowest BCUT2D eigenvalue weighted by molar-refractivity contribution is -0.148. The van der Waals surface area contributed by atoms with Crippen LogP contribution in [0.2, 0.25) is 0 Å². The third-order valence-corrected chi connectivity index (χ3v) is 2.78. The smallest absolute Gasteiger partial charge is 0.323 e. The number of ether oxygens (including phenoxy) is 1. The molecule has 3 nitrogen and oxygen atoms in total. The first-order chi connectivity index (χ1) is 6.79. The summed E-state index contributed by atoms with van der Waals surface area (Å²) in [5.74, 6) is 0.450. The van der Waals surface area contributed by atoms with Crippen LogP contribution in [0.5, 0.6) is 0 Å². The van der Waals surface area contributed by atoms with Crippen LogP contribution in [-0.4, -0.2) is 25.2 Å². The summed E-state index contributed by atoms with van der Waals surface area (Å²) >= 11 is 0. The highest BCUT2D eigenvalue weighted by Gasteiger charge is 2.32. The molecule has 1 unspecified atom stereocenters. The maximum atomic E-state index is 11.6. The van der Waals surface area contributed by atoms with E-state index in [-0.39, 0.29) is 12.0 Å². The molecular formula is C11H21NO2. The van der Waals surface area contributed by atoms with Crippen molar-refractivity contribution in [3.05, 3.63) is 0 Å². The largest absolute Gasteiger partial charge is 0.465 e. The third kappa shape index (κ3) is 2.98. The molecule has 1 aliphatic carbocycles. The number of rotatable bonds is 6. The zero-order valence-electron chi connectivity index (χ0n) is 9.21. The highest BCUT2D eigenvalue weighted by Crippen LogP contribution is 2.30. The van der Waals surface area contributed by atoms with Crippen LogP contribution < -0.4 is 5.32 Å². The predicted molar refractivity (Wildman–Crippen MR) is 56.1 cm³/mol. The first-order valence-corrected chi connectivity index (χ1v) is 5.69. The van der Waals surface area contributed by atoms with Gasteiger partial charge in [0, 0.05) is 0 Å². The molecule has 0 amide bonds. The molecule has 1 rings (SSSR count). The molecule has 1 aliphatic rings. The molecule has 0 heterocycles. The fourth-order valence-corrected chi connectivity index (χ4v) is 1.75. The first-order valence-electron chi connectivity index (χ1n) is 5.69. The molecule has 0 saturated heterocycles. The predicted octanol–water partition coefficient (Wildman–Crippen LogP) is 1.72. The monoisotopic (exact) mass is 199 g/mol. The van der Waals surface area contributed by atoms with E-state index in [1.807, 2.05) is 6.92 Å². The van der Waals surface area contributed by atoms with Crippen LogP contribution in [0.15, 0.2) is 0 Å². The summed E-state index contributed by atoms with van der Waals surface area (Å²) in [6.45, 7) is 5.35. The molecule has 1 N–H and O–H groups in total. The summed E-state index contributed by atoms with van der Waals surface area (Å²) < 4.78 is 5.06. The highest BCUT2D eigenvalue weighted by molar-refractivity contribution is 5.76. The normalized spacial score (nSPS) is 18.7. The van der Waals surface area contributed by atoms with Gasteiger partial charge in [-0.1, -0.05) is 13.3 Å². The molecule has 0 aromatic rings. The van der Waals surface area contributed by atoms with Gasteiger partial charge < -0.3 is 10.1 Å². The molecule has 82 valence electrons. The Labute approximate surface area is 86.2 Å². The van der Waals surface area contributed by atoms with Gasteiger partial charge in [-0.15, -0.1) is 0 Å². The van der Waals surface area contributed by atoms with E-state index in [0.29, 0.717) is 12.5 Å². The van der Waals surface area contributed by atoms with Gasteiger partial charge in [-0.2, -0.15) is 0 Å². The fourth-order valence-electron chi connectivity index (χ4n) is 1.75. The number of hydrogen-bond donors (Lipinski definition) is 1. The molecule has 0 spiro atoms. The lowest BCUT2D eigenvalue weighted by atomic mass is 9.79. The number of esters is 1. The summed E-state index contributed by atoms with van der Waals surface area (Å²) in [5, 5.41) is 3.28. The summed E-state index contributed by atoms with van der Waals surface area (Å²) in [4.78, 5) is 11.6. The number of carbonyl (C=O) groups excluding carboxylic acids is 1. The molecule has 1 saturated carbocycles. The Bertz CT molecular complexity index is 178. The van der Waals surface area contributed by atoms with E-state index in [0.717, 1.165) is 13.0 Å². The number of carbonyl (C=O) groups is 1. The second kappa shape index (κ2) is 6.02. The SMILES string of the molecule is CCCNC(C(=O)OCC)C1CCC1. The molecule has 0 aromatic heterocycles. The Hall–Kier alpha value is -0.570. The average Bonchev–Trinajstić information content (AvgIpc) is 2.09. The zero-order chi connectivity index (χ0) is 10.4. The minimum atomic E-state index is -0.0642. The number of nitrogens with one attached hydrogen (secondary N) is 1. The zero-order valence-corrected chi connectivity index (χ0v) is 9.21. The fraction of sp³-hybridized carbons (Fsp3) is 0.909. The topological polar surface area (TPSA) is 38.3 Å². The molecular weight excluding hydrogens is 178 g/mol. The van der Waals surface area contributed by atoms with Crippen molar-refractivity contribution in [2.75, 3.05) is 13.2 Å². The van der Waals surface area contributed by atoms with E-state index in [4.69, 9.17) is 4.74 Å². The number of hydrogen-bond acceptors (Lipinski definition) is 3. The van der Waals surface area contributed by atoms with Crippen molar-refractivity contribution >= 4 is 5.97 Å². The van der Waals surface area contributed by atoms with Crippen molar-refractivity contribution in [1.82, 2.24) is 5.32 Å². The van der Waals surface area contributed by atoms with E-state index >= 15 is 0 Å². The van der Waals surface area contributed by atoms with Gasteiger partial charge in [0.2, 0.25) is 0 Å².